The van der Waals surface area contributed by atoms with Crippen LogP contribution in [-0.2, 0) is 11.2 Å². The number of hydrogen-bond acceptors (Lipinski definition) is 7. The monoisotopic (exact) mass is 594 g/mol. The van der Waals surface area contributed by atoms with Gasteiger partial charge in [-0.15, -0.1) is 0 Å². The van der Waals surface area contributed by atoms with E-state index in [9.17, 15) is 14.4 Å². The average molecular weight is 595 g/mol. The number of amides is 1. The molecule has 1 atom stereocenters. The summed E-state index contributed by atoms with van der Waals surface area (Å²) in [4.78, 5) is 56.8. The zero-order valence-corrected chi connectivity index (χ0v) is 25.4. The maximum absolute atomic E-state index is 14.1. The molecule has 1 saturated heterocycles. The second kappa shape index (κ2) is 12.1. The fourth-order valence-electron chi connectivity index (χ4n) is 5.70. The van der Waals surface area contributed by atoms with Crippen LogP contribution < -0.4 is 10.6 Å². The van der Waals surface area contributed by atoms with Gasteiger partial charge in [0, 0.05) is 43.0 Å². The molecule has 218 valence electrons. The van der Waals surface area contributed by atoms with Gasteiger partial charge in [-0.3, -0.25) is 9.78 Å². The van der Waals surface area contributed by atoms with Crippen LogP contribution in [-0.4, -0.2) is 69.5 Å². The van der Waals surface area contributed by atoms with Crippen molar-refractivity contribution in [2.75, 3.05) is 24.5 Å². The van der Waals surface area contributed by atoms with Crippen LogP contribution in [0.15, 0.2) is 60.0 Å². The summed E-state index contributed by atoms with van der Waals surface area (Å²) in [6.07, 6.45) is 3.70. The first-order chi connectivity index (χ1) is 20.6. The lowest BCUT2D eigenvalue weighted by atomic mass is 9.90. The van der Waals surface area contributed by atoms with Crippen molar-refractivity contribution in [1.29, 1.82) is 0 Å². The summed E-state index contributed by atoms with van der Waals surface area (Å²) in [5.41, 5.74) is 2.50. The lowest BCUT2D eigenvalue weighted by molar-refractivity contribution is -0.126. The molecule has 0 spiro atoms. The lowest BCUT2D eigenvalue weighted by Crippen LogP contribution is -2.54. The van der Waals surface area contributed by atoms with Crippen LogP contribution in [0.1, 0.15) is 55.2 Å². The summed E-state index contributed by atoms with van der Waals surface area (Å²) in [6, 6.07) is 10.3. The molecule has 2 radical (unpaired) electrons. The lowest BCUT2D eigenvalue weighted by Gasteiger charge is -2.40. The summed E-state index contributed by atoms with van der Waals surface area (Å²) in [5.74, 6) is 0.277. The molecule has 9 nitrogen and oxygen atoms in total. The zero-order chi connectivity index (χ0) is 31.0. The van der Waals surface area contributed by atoms with Gasteiger partial charge in [-0.05, 0) is 43.0 Å². The molecule has 1 aliphatic rings. The van der Waals surface area contributed by atoms with Crippen molar-refractivity contribution in [3.8, 4) is 16.9 Å². The Morgan fingerprint density at radius 3 is 2.58 bits per heavy atom. The largest absolute Gasteiger partial charge is 0.355 e. The Labute approximate surface area is 256 Å². The van der Waals surface area contributed by atoms with Gasteiger partial charge in [0.05, 0.1) is 27.5 Å². The Morgan fingerprint density at radius 2 is 1.93 bits per heavy atom. The molecule has 4 heterocycles. The van der Waals surface area contributed by atoms with E-state index in [2.05, 4.69) is 16.5 Å². The number of nitrogens with zero attached hydrogens (tertiary/aromatic N) is 6. The van der Waals surface area contributed by atoms with Gasteiger partial charge in [0.2, 0.25) is 5.91 Å². The summed E-state index contributed by atoms with van der Waals surface area (Å²) < 4.78 is 1.51. The molecular formula is C32H32BClN6O3. The molecule has 3 aromatic heterocycles. The first-order valence-electron chi connectivity index (χ1n) is 14.3. The first kappa shape index (κ1) is 30.2. The Bertz CT molecular complexity index is 1820. The number of pyridine rings is 2. The molecular weight excluding hydrogens is 563 g/mol. The summed E-state index contributed by atoms with van der Waals surface area (Å²) >= 11 is 6.90. The normalized spacial score (nSPS) is 15.3. The van der Waals surface area contributed by atoms with Gasteiger partial charge in [-0.1, -0.05) is 63.2 Å². The predicted molar refractivity (Wildman–Crippen MR) is 171 cm³/mol. The van der Waals surface area contributed by atoms with Crippen molar-refractivity contribution >= 4 is 47.9 Å². The second-order valence-electron chi connectivity index (χ2n) is 10.9. The number of benzene rings is 1. The van der Waals surface area contributed by atoms with Crippen molar-refractivity contribution in [3.05, 3.63) is 87.6 Å². The molecule has 0 saturated carbocycles. The standard InChI is InChI=1S/C32H32BClN6O3/c1-6-20-12-13-35-26(18(3)4)28(20)40-31-23(16-24(34)27(36-31)21-10-8-9-11-22(21)29(33)42)30(37-32(40)43)39-15-14-38(17-19(39)5)25(41)7-2/h7-13,16,18-19H,2,6,14-15,17H2,1,3-5H3/t19-/m0/s1. The molecule has 11 heteroatoms. The number of carbonyl (C=O) groups excluding carboxylic acids is 2. The van der Waals surface area contributed by atoms with E-state index in [1.807, 2.05) is 38.7 Å². The van der Waals surface area contributed by atoms with Crippen molar-refractivity contribution in [2.24, 2.45) is 0 Å². The third kappa shape index (κ3) is 5.47. The van der Waals surface area contributed by atoms with Crippen molar-refractivity contribution in [3.63, 3.8) is 0 Å². The molecule has 0 bridgehead atoms. The Hall–Kier alpha value is -4.31. The highest BCUT2D eigenvalue weighted by atomic mass is 35.5. The topological polar surface area (TPSA) is 101 Å². The van der Waals surface area contributed by atoms with E-state index in [1.165, 1.54) is 10.6 Å². The zero-order valence-electron chi connectivity index (χ0n) is 24.7. The minimum Gasteiger partial charge on any atom is -0.350 e. The maximum atomic E-state index is 14.1. The van der Waals surface area contributed by atoms with E-state index in [4.69, 9.17) is 24.4 Å². The summed E-state index contributed by atoms with van der Waals surface area (Å²) in [5, 5.41) is 0.828. The molecule has 1 aromatic carbocycles. The Kier molecular flexibility index (Phi) is 8.51. The van der Waals surface area contributed by atoms with Gasteiger partial charge in [0.15, 0.2) is 13.5 Å². The fourth-order valence-corrected chi connectivity index (χ4v) is 5.95. The number of hydrogen-bond donors (Lipinski definition) is 0. The van der Waals surface area contributed by atoms with Crippen LogP contribution in [0.3, 0.4) is 0 Å². The van der Waals surface area contributed by atoms with Crippen LogP contribution >= 0.6 is 11.6 Å². The van der Waals surface area contributed by atoms with Gasteiger partial charge in [0.25, 0.3) is 0 Å². The molecule has 0 N–H and O–H groups in total. The van der Waals surface area contributed by atoms with E-state index < -0.39 is 11.4 Å². The second-order valence-corrected chi connectivity index (χ2v) is 11.3. The Balaban J connectivity index is 1.85. The maximum Gasteiger partial charge on any atom is 0.355 e. The Morgan fingerprint density at radius 1 is 1.19 bits per heavy atom. The highest BCUT2D eigenvalue weighted by Gasteiger charge is 2.30. The number of anilines is 1. The third-order valence-electron chi connectivity index (χ3n) is 7.82. The third-order valence-corrected chi connectivity index (χ3v) is 8.11. The highest BCUT2D eigenvalue weighted by Crippen LogP contribution is 2.36. The van der Waals surface area contributed by atoms with Crippen LogP contribution in [0.2, 0.25) is 5.02 Å². The highest BCUT2D eigenvalue weighted by molar-refractivity contribution is 6.63. The van der Waals surface area contributed by atoms with Gasteiger partial charge in [-0.2, -0.15) is 4.98 Å². The smallest absolute Gasteiger partial charge is 0.350 e. The number of aryl methyl sites for hydroxylation is 1. The van der Waals surface area contributed by atoms with Crippen molar-refractivity contribution in [1.82, 2.24) is 24.4 Å². The van der Waals surface area contributed by atoms with E-state index >= 15 is 0 Å². The van der Waals surface area contributed by atoms with E-state index in [0.29, 0.717) is 59.9 Å². The van der Waals surface area contributed by atoms with Gasteiger partial charge >= 0.3 is 5.69 Å². The van der Waals surface area contributed by atoms with Crippen LogP contribution in [0.5, 0.6) is 0 Å². The number of piperazine rings is 1. The predicted octanol–water partition coefficient (Wildman–Crippen LogP) is 4.71. The fraction of sp³-hybridized carbons (Fsp3) is 0.312. The number of rotatable bonds is 7. The number of halogens is 1. The minimum absolute atomic E-state index is 0.000909. The van der Waals surface area contributed by atoms with Crippen LogP contribution in [0, 0.1) is 0 Å². The first-order valence-corrected chi connectivity index (χ1v) is 14.6. The van der Waals surface area contributed by atoms with Crippen LogP contribution in [0.25, 0.3) is 28.0 Å². The number of fused-ring (bicyclic) bond motifs is 1. The quantitative estimate of drug-likeness (QED) is 0.226. The van der Waals surface area contributed by atoms with Crippen molar-refractivity contribution < 1.29 is 9.59 Å². The molecule has 5 rings (SSSR count). The molecule has 1 aliphatic heterocycles. The minimum atomic E-state index is -0.621. The van der Waals surface area contributed by atoms with E-state index in [0.717, 1.165) is 11.3 Å². The summed E-state index contributed by atoms with van der Waals surface area (Å²) in [6.45, 7) is 12.9. The average Bonchev–Trinajstić information content (AvgIpc) is 2.99. The van der Waals surface area contributed by atoms with E-state index in [-0.39, 0.29) is 28.5 Å². The molecule has 43 heavy (non-hydrogen) atoms. The van der Waals surface area contributed by atoms with Crippen LogP contribution in [0.4, 0.5) is 5.82 Å². The molecule has 1 fully saturated rings. The van der Waals surface area contributed by atoms with Gasteiger partial charge in [0.1, 0.15) is 11.5 Å². The number of aromatic nitrogens is 4. The molecule has 0 aliphatic carbocycles. The number of carbonyl (C=O) groups is 2. The molecule has 4 aromatic rings. The van der Waals surface area contributed by atoms with Gasteiger partial charge < -0.3 is 14.6 Å². The molecule has 0 unspecified atom stereocenters. The van der Waals surface area contributed by atoms with Gasteiger partial charge in [-0.25, -0.2) is 14.3 Å². The summed E-state index contributed by atoms with van der Waals surface area (Å²) in [7, 11) is 5.71. The molecule has 1 amide bonds. The van der Waals surface area contributed by atoms with E-state index in [1.54, 1.807) is 41.4 Å². The SMILES string of the molecule is [B]C(=O)c1ccccc1-c1nc2c(cc1Cl)c(N1CCN(C(=O)C=C)C[C@@H]1C)nc(=O)n2-c1c(CC)ccnc1C(C)C. The van der Waals surface area contributed by atoms with Crippen molar-refractivity contribution in [2.45, 2.75) is 46.1 Å².